The lowest BCUT2D eigenvalue weighted by atomic mass is 10.3. The Labute approximate surface area is 155 Å². The molecule has 0 fully saturated rings. The number of thiazole rings is 1. The molecule has 136 valence electrons. The van der Waals surface area contributed by atoms with Crippen molar-refractivity contribution in [3.63, 3.8) is 0 Å². The average Bonchev–Trinajstić information content (AvgIpc) is 3.26. The Kier molecular flexibility index (Phi) is 5.57. The van der Waals surface area contributed by atoms with Gasteiger partial charge in [-0.15, -0.1) is 11.3 Å². The van der Waals surface area contributed by atoms with Gasteiger partial charge >= 0.3 is 6.03 Å². The number of urea groups is 1. The van der Waals surface area contributed by atoms with Crippen molar-refractivity contribution < 1.29 is 9.32 Å². The van der Waals surface area contributed by atoms with Crippen LogP contribution in [0, 0.1) is 6.92 Å². The van der Waals surface area contributed by atoms with Crippen molar-refractivity contribution >= 4 is 17.4 Å². The molecule has 0 saturated heterocycles. The first kappa shape index (κ1) is 18.0. The summed E-state index contributed by atoms with van der Waals surface area (Å²) in [7, 11) is 1.68. The summed E-state index contributed by atoms with van der Waals surface area (Å²) in [6.07, 6.45) is 2.51. The molecule has 0 aliphatic rings. The predicted octanol–water partition coefficient (Wildman–Crippen LogP) is 2.80. The molecule has 8 nitrogen and oxygen atoms in total. The number of carbonyl (C=O) groups is 1. The summed E-state index contributed by atoms with van der Waals surface area (Å²) in [5.41, 5.74) is 1.66. The molecule has 3 heterocycles. The normalized spacial score (nSPS) is 10.7. The Morgan fingerprint density at radius 2 is 2.19 bits per heavy atom. The van der Waals surface area contributed by atoms with Crippen molar-refractivity contribution in [2.45, 2.75) is 33.4 Å². The zero-order valence-corrected chi connectivity index (χ0v) is 15.7. The Hall–Kier alpha value is -2.81. The molecule has 0 atom stereocenters. The van der Waals surface area contributed by atoms with Crippen molar-refractivity contribution in [2.75, 3.05) is 7.05 Å². The number of aromatic nitrogens is 4. The highest BCUT2D eigenvalue weighted by Gasteiger charge is 2.16. The van der Waals surface area contributed by atoms with Crippen LogP contribution < -0.4 is 5.32 Å². The third kappa shape index (κ3) is 4.23. The summed E-state index contributed by atoms with van der Waals surface area (Å²) in [5, 5.41) is 7.81. The average molecular weight is 372 g/mol. The SMILES string of the molecule is CCc1nc(C)sc1CNC(=O)N(C)Cc1nc(-c2ccccn2)no1. The van der Waals surface area contributed by atoms with Gasteiger partial charge in [-0.2, -0.15) is 4.98 Å². The number of pyridine rings is 1. The molecule has 3 rings (SSSR count). The van der Waals surface area contributed by atoms with Crippen LogP contribution in [0.2, 0.25) is 0 Å². The molecule has 9 heteroatoms. The minimum Gasteiger partial charge on any atom is -0.337 e. The molecular weight excluding hydrogens is 352 g/mol. The smallest absolute Gasteiger partial charge is 0.317 e. The lowest BCUT2D eigenvalue weighted by molar-refractivity contribution is 0.199. The van der Waals surface area contributed by atoms with Crippen molar-refractivity contribution in [3.05, 3.63) is 45.9 Å². The molecule has 3 aromatic heterocycles. The fraction of sp³-hybridized carbons (Fsp3) is 0.353. The minimum atomic E-state index is -0.212. The number of amides is 2. The van der Waals surface area contributed by atoms with Crippen LogP contribution in [0.25, 0.3) is 11.5 Å². The Balaban J connectivity index is 1.57. The van der Waals surface area contributed by atoms with Gasteiger partial charge < -0.3 is 14.7 Å². The number of rotatable bonds is 6. The summed E-state index contributed by atoms with van der Waals surface area (Å²) in [5.74, 6) is 0.758. The van der Waals surface area contributed by atoms with Crippen molar-refractivity contribution in [2.24, 2.45) is 0 Å². The minimum absolute atomic E-state index is 0.212. The fourth-order valence-corrected chi connectivity index (χ4v) is 3.38. The lowest BCUT2D eigenvalue weighted by Crippen LogP contribution is -2.36. The van der Waals surface area contributed by atoms with Crippen molar-refractivity contribution in [3.8, 4) is 11.5 Å². The molecule has 0 aliphatic carbocycles. The van der Waals surface area contributed by atoms with Gasteiger partial charge in [-0.05, 0) is 25.5 Å². The van der Waals surface area contributed by atoms with E-state index in [2.05, 4.69) is 32.3 Å². The van der Waals surface area contributed by atoms with E-state index in [0.29, 0.717) is 24.0 Å². The van der Waals surface area contributed by atoms with E-state index >= 15 is 0 Å². The van der Waals surface area contributed by atoms with E-state index in [0.717, 1.165) is 22.0 Å². The molecule has 0 radical (unpaired) electrons. The highest BCUT2D eigenvalue weighted by molar-refractivity contribution is 7.11. The van der Waals surface area contributed by atoms with Crippen LogP contribution in [0.3, 0.4) is 0 Å². The summed E-state index contributed by atoms with van der Waals surface area (Å²) >= 11 is 1.61. The van der Waals surface area contributed by atoms with E-state index in [4.69, 9.17) is 4.52 Å². The molecule has 0 bridgehead atoms. The molecule has 1 N–H and O–H groups in total. The van der Waals surface area contributed by atoms with Gasteiger partial charge in [0.25, 0.3) is 0 Å². The van der Waals surface area contributed by atoms with Crippen LogP contribution in [0.15, 0.2) is 28.9 Å². The van der Waals surface area contributed by atoms with Gasteiger partial charge in [0.15, 0.2) is 0 Å². The second-order valence-corrected chi connectivity index (χ2v) is 6.99. The highest BCUT2D eigenvalue weighted by atomic mass is 32.1. The maximum atomic E-state index is 12.3. The van der Waals surface area contributed by atoms with Gasteiger partial charge in [0, 0.05) is 18.1 Å². The lowest BCUT2D eigenvalue weighted by Gasteiger charge is -2.15. The molecule has 0 aromatic carbocycles. The van der Waals surface area contributed by atoms with Gasteiger partial charge in [-0.25, -0.2) is 9.78 Å². The van der Waals surface area contributed by atoms with Gasteiger partial charge in [0.05, 0.1) is 17.2 Å². The van der Waals surface area contributed by atoms with E-state index < -0.39 is 0 Å². The second kappa shape index (κ2) is 8.05. The topological polar surface area (TPSA) is 97.0 Å². The standard InChI is InChI=1S/C17H20N6O2S/c1-4-12-14(26-11(2)20-12)9-19-17(24)23(3)10-15-21-16(22-25-15)13-7-5-6-8-18-13/h5-8H,4,9-10H2,1-3H3,(H,19,24). The summed E-state index contributed by atoms with van der Waals surface area (Å²) in [6.45, 7) is 4.70. The van der Waals surface area contributed by atoms with E-state index in [1.165, 1.54) is 4.90 Å². The van der Waals surface area contributed by atoms with Crippen LogP contribution in [-0.4, -0.2) is 38.1 Å². The number of nitrogens with one attached hydrogen (secondary N) is 1. The quantitative estimate of drug-likeness (QED) is 0.715. The van der Waals surface area contributed by atoms with Crippen LogP contribution in [0.1, 0.15) is 28.4 Å². The Bertz CT molecular complexity index is 877. The first-order valence-corrected chi connectivity index (χ1v) is 9.06. The van der Waals surface area contributed by atoms with Crippen LogP contribution >= 0.6 is 11.3 Å². The number of hydrogen-bond acceptors (Lipinski definition) is 7. The maximum absolute atomic E-state index is 12.3. The first-order chi connectivity index (χ1) is 12.6. The summed E-state index contributed by atoms with van der Waals surface area (Å²) < 4.78 is 5.21. The monoisotopic (exact) mass is 372 g/mol. The molecular formula is C17H20N6O2S. The zero-order valence-electron chi connectivity index (χ0n) is 14.9. The van der Waals surface area contributed by atoms with E-state index in [1.54, 1.807) is 30.6 Å². The van der Waals surface area contributed by atoms with E-state index in [9.17, 15) is 4.79 Å². The molecule has 0 spiro atoms. The van der Waals surface area contributed by atoms with Crippen LogP contribution in [0.4, 0.5) is 4.79 Å². The van der Waals surface area contributed by atoms with Gasteiger partial charge in [-0.1, -0.05) is 18.1 Å². The van der Waals surface area contributed by atoms with Crippen LogP contribution in [0.5, 0.6) is 0 Å². The maximum Gasteiger partial charge on any atom is 0.317 e. The third-order valence-corrected chi connectivity index (χ3v) is 4.71. The highest BCUT2D eigenvalue weighted by Crippen LogP contribution is 2.18. The fourth-order valence-electron chi connectivity index (χ4n) is 2.41. The molecule has 2 amide bonds. The first-order valence-electron chi connectivity index (χ1n) is 8.25. The molecule has 0 unspecified atom stereocenters. The molecule has 0 aliphatic heterocycles. The zero-order chi connectivity index (χ0) is 18.5. The van der Waals surface area contributed by atoms with E-state index in [-0.39, 0.29) is 12.6 Å². The van der Waals surface area contributed by atoms with Gasteiger partial charge in [-0.3, -0.25) is 4.98 Å². The third-order valence-electron chi connectivity index (χ3n) is 3.70. The summed E-state index contributed by atoms with van der Waals surface area (Å²) in [6, 6.07) is 5.25. The van der Waals surface area contributed by atoms with Gasteiger partial charge in [0.1, 0.15) is 12.2 Å². The number of aryl methyl sites for hydroxylation is 2. The predicted molar refractivity (Wildman–Crippen MR) is 97.5 cm³/mol. The van der Waals surface area contributed by atoms with Crippen LogP contribution in [-0.2, 0) is 19.5 Å². The molecule has 0 saturated carbocycles. The molecule has 26 heavy (non-hydrogen) atoms. The second-order valence-electron chi connectivity index (χ2n) is 5.70. The Morgan fingerprint density at radius 1 is 1.35 bits per heavy atom. The van der Waals surface area contributed by atoms with E-state index in [1.807, 2.05) is 19.1 Å². The largest absolute Gasteiger partial charge is 0.337 e. The number of nitrogens with zero attached hydrogens (tertiary/aromatic N) is 5. The van der Waals surface area contributed by atoms with Crippen molar-refractivity contribution in [1.29, 1.82) is 0 Å². The molecule has 3 aromatic rings. The summed E-state index contributed by atoms with van der Waals surface area (Å²) in [4.78, 5) is 27.8. The number of carbonyl (C=O) groups excluding carboxylic acids is 1. The van der Waals surface area contributed by atoms with Crippen molar-refractivity contribution in [1.82, 2.24) is 30.3 Å². The number of hydrogen-bond donors (Lipinski definition) is 1. The Morgan fingerprint density at radius 3 is 2.92 bits per heavy atom. The van der Waals surface area contributed by atoms with Gasteiger partial charge in [0.2, 0.25) is 11.7 Å².